The monoisotopic (exact) mass is 257 g/mol. The molecule has 1 aliphatic rings. The van der Waals surface area contributed by atoms with Crippen molar-refractivity contribution >= 4 is 29.2 Å². The summed E-state index contributed by atoms with van der Waals surface area (Å²) in [5.41, 5.74) is 0.0336. The number of benzene rings is 1. The van der Waals surface area contributed by atoms with Crippen LogP contribution >= 0.6 is 11.6 Å². The van der Waals surface area contributed by atoms with E-state index in [0.29, 0.717) is 0 Å². The molecule has 1 aromatic rings. The number of nitrogens with zero attached hydrogens (tertiary/aromatic N) is 1. The van der Waals surface area contributed by atoms with Crippen LogP contribution in [-0.2, 0) is 9.59 Å². The number of hydrogen-bond acceptors (Lipinski definition) is 2. The standard InChI is InChI=1S/C11H9ClFNO3/c12-7-2-1-3-8(9(7)13)14-5-4-6(10(14)15)11(16)17/h1-3,6H,4-5H2,(H,16,17). The highest BCUT2D eigenvalue weighted by Crippen LogP contribution is 2.30. The van der Waals surface area contributed by atoms with Gasteiger partial charge in [-0.1, -0.05) is 17.7 Å². The molecular formula is C11H9ClFNO3. The van der Waals surface area contributed by atoms with Gasteiger partial charge in [0.15, 0.2) is 5.82 Å². The van der Waals surface area contributed by atoms with Crippen molar-refractivity contribution in [1.82, 2.24) is 0 Å². The van der Waals surface area contributed by atoms with Gasteiger partial charge in [0.25, 0.3) is 0 Å². The number of carbonyl (C=O) groups excluding carboxylic acids is 1. The molecule has 1 heterocycles. The number of amides is 1. The van der Waals surface area contributed by atoms with E-state index >= 15 is 0 Å². The predicted octanol–water partition coefficient (Wildman–Crippen LogP) is 1.92. The third-order valence-corrected chi connectivity index (χ3v) is 3.02. The van der Waals surface area contributed by atoms with Crippen LogP contribution in [-0.4, -0.2) is 23.5 Å². The van der Waals surface area contributed by atoms with Gasteiger partial charge >= 0.3 is 5.97 Å². The third kappa shape index (κ3) is 1.98. The van der Waals surface area contributed by atoms with Crippen molar-refractivity contribution in [1.29, 1.82) is 0 Å². The van der Waals surface area contributed by atoms with Crippen molar-refractivity contribution in [3.63, 3.8) is 0 Å². The molecule has 1 aromatic carbocycles. The minimum absolute atomic E-state index is 0.0336. The number of halogens is 2. The Labute approximate surface area is 102 Å². The van der Waals surface area contributed by atoms with Crippen LogP contribution in [0.15, 0.2) is 18.2 Å². The Balaban J connectivity index is 2.34. The van der Waals surface area contributed by atoms with E-state index in [2.05, 4.69) is 0 Å². The lowest BCUT2D eigenvalue weighted by atomic mass is 10.1. The number of rotatable bonds is 2. The van der Waals surface area contributed by atoms with Gasteiger partial charge in [0.05, 0.1) is 10.7 Å². The minimum atomic E-state index is -1.18. The molecule has 1 unspecified atom stereocenters. The van der Waals surface area contributed by atoms with Crippen LogP contribution in [0.2, 0.25) is 5.02 Å². The van der Waals surface area contributed by atoms with Crippen LogP contribution < -0.4 is 4.90 Å². The van der Waals surface area contributed by atoms with Gasteiger partial charge in [0.2, 0.25) is 5.91 Å². The fourth-order valence-electron chi connectivity index (χ4n) is 1.85. The Bertz CT molecular complexity index is 492. The highest BCUT2D eigenvalue weighted by atomic mass is 35.5. The Morgan fingerprint density at radius 2 is 2.24 bits per heavy atom. The van der Waals surface area contributed by atoms with E-state index < -0.39 is 23.6 Å². The number of carboxylic acids is 1. The van der Waals surface area contributed by atoms with E-state index in [-0.39, 0.29) is 23.7 Å². The summed E-state index contributed by atoms with van der Waals surface area (Å²) in [6.07, 6.45) is 0.181. The fourth-order valence-corrected chi connectivity index (χ4v) is 2.02. The summed E-state index contributed by atoms with van der Waals surface area (Å²) in [4.78, 5) is 23.6. The van der Waals surface area contributed by atoms with Crippen molar-refractivity contribution in [2.75, 3.05) is 11.4 Å². The van der Waals surface area contributed by atoms with E-state index in [4.69, 9.17) is 16.7 Å². The van der Waals surface area contributed by atoms with Crippen LogP contribution in [0.4, 0.5) is 10.1 Å². The Kier molecular flexibility index (Phi) is 3.02. The highest BCUT2D eigenvalue weighted by molar-refractivity contribution is 6.31. The quantitative estimate of drug-likeness (QED) is 0.824. The van der Waals surface area contributed by atoms with Gasteiger partial charge < -0.3 is 10.0 Å². The molecule has 0 aromatic heterocycles. The second-order valence-electron chi connectivity index (χ2n) is 3.74. The molecule has 17 heavy (non-hydrogen) atoms. The topological polar surface area (TPSA) is 57.6 Å². The average molecular weight is 258 g/mol. The van der Waals surface area contributed by atoms with E-state index in [9.17, 15) is 14.0 Å². The highest BCUT2D eigenvalue weighted by Gasteiger charge is 2.38. The molecule has 0 spiro atoms. The molecule has 2 rings (SSSR count). The molecule has 0 bridgehead atoms. The van der Waals surface area contributed by atoms with E-state index in [1.807, 2.05) is 0 Å². The Morgan fingerprint density at radius 1 is 1.53 bits per heavy atom. The molecule has 1 fully saturated rings. The zero-order valence-electron chi connectivity index (χ0n) is 8.69. The molecule has 4 nitrogen and oxygen atoms in total. The zero-order chi connectivity index (χ0) is 12.6. The van der Waals surface area contributed by atoms with Gasteiger partial charge in [-0.2, -0.15) is 0 Å². The van der Waals surface area contributed by atoms with Gasteiger partial charge in [-0.05, 0) is 18.6 Å². The molecule has 1 aliphatic heterocycles. The first-order chi connectivity index (χ1) is 8.02. The molecule has 0 aliphatic carbocycles. The second-order valence-corrected chi connectivity index (χ2v) is 4.15. The number of aliphatic carboxylic acids is 1. The normalized spacial score (nSPS) is 19.8. The largest absolute Gasteiger partial charge is 0.481 e. The van der Waals surface area contributed by atoms with Crippen molar-refractivity contribution in [3.05, 3.63) is 29.0 Å². The maximum atomic E-state index is 13.7. The van der Waals surface area contributed by atoms with E-state index in [0.717, 1.165) is 4.90 Å². The first-order valence-electron chi connectivity index (χ1n) is 5.00. The molecule has 1 N–H and O–H groups in total. The maximum Gasteiger partial charge on any atom is 0.316 e. The third-order valence-electron chi connectivity index (χ3n) is 2.73. The second kappa shape index (κ2) is 4.33. The van der Waals surface area contributed by atoms with Crippen LogP contribution in [0, 0.1) is 11.7 Å². The van der Waals surface area contributed by atoms with Gasteiger partial charge in [-0.25, -0.2) is 4.39 Å². The van der Waals surface area contributed by atoms with Crippen LogP contribution in [0.3, 0.4) is 0 Å². The lowest BCUT2D eigenvalue weighted by Crippen LogP contribution is -2.30. The van der Waals surface area contributed by atoms with Crippen molar-refractivity contribution in [2.45, 2.75) is 6.42 Å². The summed E-state index contributed by atoms with van der Waals surface area (Å²) in [5.74, 6) is -3.57. The smallest absolute Gasteiger partial charge is 0.316 e. The lowest BCUT2D eigenvalue weighted by molar-refractivity contribution is -0.144. The predicted molar refractivity (Wildman–Crippen MR) is 59.5 cm³/mol. The Hall–Kier alpha value is -1.62. The molecule has 90 valence electrons. The molecule has 1 atom stereocenters. The summed E-state index contributed by atoms with van der Waals surface area (Å²) < 4.78 is 13.7. The van der Waals surface area contributed by atoms with Gasteiger partial charge in [0, 0.05) is 6.54 Å². The lowest BCUT2D eigenvalue weighted by Gasteiger charge is -2.17. The van der Waals surface area contributed by atoms with Crippen LogP contribution in [0.1, 0.15) is 6.42 Å². The summed E-state index contributed by atoms with van der Waals surface area (Å²) in [5, 5.41) is 8.72. The van der Waals surface area contributed by atoms with Crippen molar-refractivity contribution in [2.24, 2.45) is 5.92 Å². The number of carboxylic acid groups (broad SMARTS) is 1. The zero-order valence-corrected chi connectivity index (χ0v) is 9.45. The summed E-state index contributed by atoms with van der Waals surface area (Å²) in [6, 6.07) is 4.29. The maximum absolute atomic E-state index is 13.7. The van der Waals surface area contributed by atoms with E-state index in [1.54, 1.807) is 0 Å². The van der Waals surface area contributed by atoms with Crippen molar-refractivity contribution in [3.8, 4) is 0 Å². The molecular weight excluding hydrogens is 249 g/mol. The summed E-state index contributed by atoms with van der Waals surface area (Å²) in [6.45, 7) is 0.188. The molecule has 0 radical (unpaired) electrons. The SMILES string of the molecule is O=C(O)C1CCN(c2cccc(Cl)c2F)C1=O. The van der Waals surface area contributed by atoms with Gasteiger partial charge in [0.1, 0.15) is 5.92 Å². The summed E-state index contributed by atoms with van der Waals surface area (Å²) >= 11 is 5.61. The average Bonchev–Trinajstić information content (AvgIpc) is 2.64. The van der Waals surface area contributed by atoms with E-state index in [1.165, 1.54) is 18.2 Å². The summed E-state index contributed by atoms with van der Waals surface area (Å²) in [7, 11) is 0. The number of hydrogen-bond donors (Lipinski definition) is 1. The molecule has 6 heteroatoms. The molecule has 1 saturated heterocycles. The van der Waals surface area contributed by atoms with Crippen molar-refractivity contribution < 1.29 is 19.1 Å². The minimum Gasteiger partial charge on any atom is -0.481 e. The molecule has 0 saturated carbocycles. The number of anilines is 1. The van der Waals surface area contributed by atoms with Crippen LogP contribution in [0.5, 0.6) is 0 Å². The van der Waals surface area contributed by atoms with Crippen LogP contribution in [0.25, 0.3) is 0 Å². The fraction of sp³-hybridized carbons (Fsp3) is 0.273. The Morgan fingerprint density at radius 3 is 2.82 bits per heavy atom. The molecule has 1 amide bonds. The first kappa shape index (κ1) is 11.9. The first-order valence-corrected chi connectivity index (χ1v) is 5.38. The van der Waals surface area contributed by atoms with Gasteiger partial charge in [-0.15, -0.1) is 0 Å². The number of carbonyl (C=O) groups is 2. The van der Waals surface area contributed by atoms with Gasteiger partial charge in [-0.3, -0.25) is 9.59 Å².